The maximum atomic E-state index is 11.7. The lowest BCUT2D eigenvalue weighted by molar-refractivity contribution is 0.0949. The molecule has 2 N–H and O–H groups in total. The summed E-state index contributed by atoms with van der Waals surface area (Å²) in [7, 11) is 0. The molecule has 0 aliphatic heterocycles. The molecule has 0 fully saturated rings. The maximum Gasteiger partial charge on any atom is 0.255 e. The molecule has 2 aromatic rings. The second-order valence-corrected chi connectivity index (χ2v) is 3.42. The SMILES string of the molecule is O=C(NCCn1cccn1)c1ccncc1O. The zero-order valence-corrected chi connectivity index (χ0v) is 9.08. The van der Waals surface area contributed by atoms with Gasteiger partial charge in [0.1, 0.15) is 5.75 Å². The van der Waals surface area contributed by atoms with E-state index < -0.39 is 0 Å². The quantitative estimate of drug-likeness (QED) is 0.800. The first-order chi connectivity index (χ1) is 8.27. The van der Waals surface area contributed by atoms with Gasteiger partial charge in [-0.1, -0.05) is 0 Å². The van der Waals surface area contributed by atoms with Crippen LogP contribution in [0.3, 0.4) is 0 Å². The highest BCUT2D eigenvalue weighted by atomic mass is 16.3. The molecule has 2 rings (SSSR count). The lowest BCUT2D eigenvalue weighted by Crippen LogP contribution is -2.27. The summed E-state index contributed by atoms with van der Waals surface area (Å²) in [5, 5.41) is 16.1. The van der Waals surface area contributed by atoms with Crippen molar-refractivity contribution in [2.75, 3.05) is 6.54 Å². The molecule has 1 amide bonds. The Hall–Kier alpha value is -2.37. The number of carbonyl (C=O) groups is 1. The van der Waals surface area contributed by atoms with Gasteiger partial charge in [0.05, 0.1) is 18.3 Å². The van der Waals surface area contributed by atoms with Crippen LogP contribution in [0.15, 0.2) is 36.9 Å². The van der Waals surface area contributed by atoms with Gasteiger partial charge in [0.25, 0.3) is 5.91 Å². The van der Waals surface area contributed by atoms with Crippen LogP contribution in [0, 0.1) is 0 Å². The molecule has 0 saturated carbocycles. The molecule has 0 aromatic carbocycles. The summed E-state index contributed by atoms with van der Waals surface area (Å²) in [5.41, 5.74) is 0.223. The van der Waals surface area contributed by atoms with E-state index in [9.17, 15) is 9.90 Å². The van der Waals surface area contributed by atoms with Gasteiger partial charge < -0.3 is 10.4 Å². The Kier molecular flexibility index (Phi) is 3.34. The molecule has 0 atom stereocenters. The van der Waals surface area contributed by atoms with Gasteiger partial charge in [-0.05, 0) is 12.1 Å². The van der Waals surface area contributed by atoms with Crippen LogP contribution in [-0.4, -0.2) is 32.3 Å². The third-order valence-corrected chi connectivity index (χ3v) is 2.23. The minimum atomic E-state index is -0.322. The number of carbonyl (C=O) groups excluding carboxylic acids is 1. The predicted molar refractivity (Wildman–Crippen MR) is 60.5 cm³/mol. The monoisotopic (exact) mass is 232 g/mol. The van der Waals surface area contributed by atoms with Crippen LogP contribution in [0.2, 0.25) is 0 Å². The number of rotatable bonds is 4. The fourth-order valence-electron chi connectivity index (χ4n) is 1.39. The van der Waals surface area contributed by atoms with Crippen LogP contribution in [0.1, 0.15) is 10.4 Å². The van der Waals surface area contributed by atoms with E-state index in [4.69, 9.17) is 0 Å². The number of hydrogen-bond acceptors (Lipinski definition) is 4. The van der Waals surface area contributed by atoms with E-state index in [1.807, 2.05) is 12.3 Å². The Bertz CT molecular complexity index is 496. The largest absolute Gasteiger partial charge is 0.505 e. The Labute approximate surface area is 97.9 Å². The van der Waals surface area contributed by atoms with Crippen molar-refractivity contribution in [3.05, 3.63) is 42.5 Å². The van der Waals surface area contributed by atoms with E-state index in [0.29, 0.717) is 13.1 Å². The van der Waals surface area contributed by atoms with Crippen molar-refractivity contribution >= 4 is 5.91 Å². The van der Waals surface area contributed by atoms with Crippen molar-refractivity contribution in [2.45, 2.75) is 6.54 Å². The Morgan fingerprint density at radius 1 is 1.47 bits per heavy atom. The van der Waals surface area contributed by atoms with Crippen LogP contribution in [0.4, 0.5) is 0 Å². The molecule has 2 aromatic heterocycles. The van der Waals surface area contributed by atoms with Gasteiger partial charge in [-0.25, -0.2) is 0 Å². The molecule has 6 heteroatoms. The summed E-state index contributed by atoms with van der Waals surface area (Å²) in [6.07, 6.45) is 6.19. The molecule has 6 nitrogen and oxygen atoms in total. The lowest BCUT2D eigenvalue weighted by atomic mass is 10.2. The summed E-state index contributed by atoms with van der Waals surface area (Å²) < 4.78 is 1.71. The predicted octanol–water partition coefficient (Wildman–Crippen LogP) is 0.414. The van der Waals surface area contributed by atoms with Crippen molar-refractivity contribution in [2.24, 2.45) is 0 Å². The van der Waals surface area contributed by atoms with E-state index in [1.165, 1.54) is 18.5 Å². The third kappa shape index (κ3) is 2.81. The first-order valence-corrected chi connectivity index (χ1v) is 5.16. The van der Waals surface area contributed by atoms with Gasteiger partial charge in [-0.3, -0.25) is 14.5 Å². The molecule has 2 heterocycles. The fourth-order valence-corrected chi connectivity index (χ4v) is 1.39. The van der Waals surface area contributed by atoms with Crippen LogP contribution >= 0.6 is 0 Å². The van der Waals surface area contributed by atoms with Crippen molar-refractivity contribution < 1.29 is 9.90 Å². The van der Waals surface area contributed by atoms with Crippen molar-refractivity contribution in [1.29, 1.82) is 0 Å². The number of hydrogen-bond donors (Lipinski definition) is 2. The topological polar surface area (TPSA) is 80.0 Å². The maximum absolute atomic E-state index is 11.7. The lowest BCUT2D eigenvalue weighted by Gasteiger charge is -2.06. The zero-order valence-electron chi connectivity index (χ0n) is 9.08. The Balaban J connectivity index is 1.88. The van der Waals surface area contributed by atoms with E-state index >= 15 is 0 Å². The first kappa shape index (κ1) is 11.1. The number of amides is 1. The van der Waals surface area contributed by atoms with Crippen molar-refractivity contribution in [1.82, 2.24) is 20.1 Å². The summed E-state index contributed by atoms with van der Waals surface area (Å²) in [4.78, 5) is 15.4. The third-order valence-electron chi connectivity index (χ3n) is 2.23. The second kappa shape index (κ2) is 5.11. The van der Waals surface area contributed by atoms with E-state index in [0.717, 1.165) is 0 Å². The molecule has 0 unspecified atom stereocenters. The normalized spacial score (nSPS) is 10.1. The number of nitrogens with zero attached hydrogens (tertiary/aromatic N) is 3. The van der Waals surface area contributed by atoms with E-state index in [2.05, 4.69) is 15.4 Å². The fraction of sp³-hybridized carbons (Fsp3) is 0.182. The van der Waals surface area contributed by atoms with Gasteiger partial charge in [-0.2, -0.15) is 5.10 Å². The standard InChI is InChI=1S/C11H12N4O2/c16-10-8-12-4-2-9(10)11(17)13-5-7-15-6-1-3-14-15/h1-4,6,8,16H,5,7H2,(H,13,17). The highest BCUT2D eigenvalue weighted by Crippen LogP contribution is 2.12. The molecular formula is C11H12N4O2. The zero-order chi connectivity index (χ0) is 12.1. The number of nitrogens with one attached hydrogen (secondary N) is 1. The molecule has 0 bridgehead atoms. The molecule has 0 aliphatic rings. The first-order valence-electron chi connectivity index (χ1n) is 5.16. The van der Waals surface area contributed by atoms with Gasteiger partial charge in [-0.15, -0.1) is 0 Å². The highest BCUT2D eigenvalue weighted by molar-refractivity contribution is 5.96. The van der Waals surface area contributed by atoms with Crippen molar-refractivity contribution in [3.8, 4) is 5.75 Å². The van der Waals surface area contributed by atoms with Crippen LogP contribution in [0.25, 0.3) is 0 Å². The van der Waals surface area contributed by atoms with Gasteiger partial charge >= 0.3 is 0 Å². The van der Waals surface area contributed by atoms with Crippen LogP contribution in [-0.2, 0) is 6.54 Å². The second-order valence-electron chi connectivity index (χ2n) is 3.42. The molecular weight excluding hydrogens is 220 g/mol. The summed E-state index contributed by atoms with van der Waals surface area (Å²) >= 11 is 0. The molecule has 0 radical (unpaired) electrons. The van der Waals surface area contributed by atoms with Gasteiger partial charge in [0.2, 0.25) is 0 Å². The van der Waals surface area contributed by atoms with Crippen LogP contribution < -0.4 is 5.32 Å². The van der Waals surface area contributed by atoms with Gasteiger partial charge in [0, 0.05) is 25.1 Å². The number of pyridine rings is 1. The van der Waals surface area contributed by atoms with E-state index in [1.54, 1.807) is 10.9 Å². The number of aromatic hydroxyl groups is 1. The molecule has 0 spiro atoms. The smallest absolute Gasteiger partial charge is 0.255 e. The highest BCUT2D eigenvalue weighted by Gasteiger charge is 2.09. The summed E-state index contributed by atoms with van der Waals surface area (Å²) in [6, 6.07) is 3.29. The average Bonchev–Trinajstić information content (AvgIpc) is 2.82. The minimum absolute atomic E-state index is 0.121. The van der Waals surface area contributed by atoms with Gasteiger partial charge in [0.15, 0.2) is 0 Å². The van der Waals surface area contributed by atoms with Crippen LogP contribution in [0.5, 0.6) is 5.75 Å². The molecule has 0 saturated heterocycles. The van der Waals surface area contributed by atoms with Crippen molar-refractivity contribution in [3.63, 3.8) is 0 Å². The van der Waals surface area contributed by atoms with E-state index in [-0.39, 0.29) is 17.2 Å². The Morgan fingerprint density at radius 3 is 3.06 bits per heavy atom. The molecule has 17 heavy (non-hydrogen) atoms. The summed E-state index contributed by atoms with van der Waals surface area (Å²) in [6.45, 7) is 1.03. The molecule has 0 aliphatic carbocycles. The average molecular weight is 232 g/mol. The molecule has 88 valence electrons. The Morgan fingerprint density at radius 2 is 2.35 bits per heavy atom. The minimum Gasteiger partial charge on any atom is -0.505 e. The number of aromatic nitrogens is 3. The summed E-state index contributed by atoms with van der Waals surface area (Å²) in [5.74, 6) is -0.443.